The third kappa shape index (κ3) is 5.65. The fraction of sp³-hybridized carbons (Fsp3) is 0. The van der Waals surface area contributed by atoms with Crippen LogP contribution in [0.3, 0.4) is 0 Å². The first-order valence-corrected chi connectivity index (χ1v) is 17.5. The van der Waals surface area contributed by atoms with Gasteiger partial charge in [-0.1, -0.05) is 188 Å². The lowest BCUT2D eigenvalue weighted by molar-refractivity contribution is 1.30. The summed E-state index contributed by atoms with van der Waals surface area (Å²) >= 11 is 0. The first-order valence-electron chi connectivity index (χ1n) is 17.5. The fourth-order valence-corrected chi connectivity index (χ4v) is 7.52. The van der Waals surface area contributed by atoms with E-state index < -0.39 is 0 Å². The van der Waals surface area contributed by atoms with Crippen LogP contribution in [0.5, 0.6) is 0 Å². The van der Waals surface area contributed by atoms with Crippen LogP contribution in [0.4, 0.5) is 17.1 Å². The molecule has 0 amide bonds. The lowest BCUT2D eigenvalue weighted by Crippen LogP contribution is -2.12. The highest BCUT2D eigenvalue weighted by Gasteiger charge is 2.22. The molecule has 0 aromatic heterocycles. The van der Waals surface area contributed by atoms with Crippen LogP contribution in [0.1, 0.15) is 0 Å². The number of hydrogen-bond acceptors (Lipinski definition) is 1. The molecule has 0 heterocycles. The number of hydrogen-bond donors (Lipinski definition) is 0. The second-order valence-electron chi connectivity index (χ2n) is 12.9. The Kier molecular flexibility index (Phi) is 7.92. The lowest BCUT2D eigenvalue weighted by Gasteiger charge is -2.30. The minimum atomic E-state index is 1.10. The van der Waals surface area contributed by atoms with Crippen LogP contribution in [0.25, 0.3) is 66.1 Å². The Hall–Kier alpha value is -6.70. The predicted octanol–water partition coefficient (Wildman–Crippen LogP) is 14.1. The molecule has 9 aromatic rings. The molecule has 9 aromatic carbocycles. The Morgan fingerprint density at radius 3 is 1.47 bits per heavy atom. The molecule has 0 bridgehead atoms. The smallest absolute Gasteiger partial charge is 0.0546 e. The lowest BCUT2D eigenvalue weighted by atomic mass is 9.88. The van der Waals surface area contributed by atoms with Crippen molar-refractivity contribution < 1.29 is 0 Å². The average Bonchev–Trinajstić information content (AvgIpc) is 3.22. The van der Waals surface area contributed by atoms with Crippen LogP contribution in [0, 0.1) is 0 Å². The van der Waals surface area contributed by atoms with Gasteiger partial charge in [-0.25, -0.2) is 0 Å². The van der Waals surface area contributed by atoms with Crippen molar-refractivity contribution in [2.24, 2.45) is 0 Å². The highest BCUT2D eigenvalue weighted by atomic mass is 15.1. The van der Waals surface area contributed by atoms with Gasteiger partial charge in [0.15, 0.2) is 0 Å². The first kappa shape index (κ1) is 30.4. The molecule has 51 heavy (non-hydrogen) atoms. The summed E-state index contributed by atoms with van der Waals surface area (Å²) in [6, 6.07) is 76.7. The third-order valence-electron chi connectivity index (χ3n) is 9.86. The minimum absolute atomic E-state index is 1.10. The van der Waals surface area contributed by atoms with E-state index in [1.807, 2.05) is 0 Å². The maximum Gasteiger partial charge on any atom is 0.0546 e. The van der Waals surface area contributed by atoms with Crippen molar-refractivity contribution in [3.8, 4) is 44.5 Å². The van der Waals surface area contributed by atoms with Crippen molar-refractivity contribution in [2.75, 3.05) is 4.90 Å². The van der Waals surface area contributed by atoms with Gasteiger partial charge >= 0.3 is 0 Å². The summed E-state index contributed by atoms with van der Waals surface area (Å²) < 4.78 is 0. The molecule has 0 aliphatic carbocycles. The number of fused-ring (bicyclic) bond motifs is 3. The molecular formula is C50H35N. The summed E-state index contributed by atoms with van der Waals surface area (Å²) in [4.78, 5) is 2.47. The normalized spacial score (nSPS) is 11.1. The second-order valence-corrected chi connectivity index (χ2v) is 12.9. The molecule has 9 rings (SSSR count). The van der Waals surface area contributed by atoms with Crippen molar-refractivity contribution in [1.29, 1.82) is 0 Å². The maximum atomic E-state index is 2.47. The van der Waals surface area contributed by atoms with Gasteiger partial charge in [0.1, 0.15) is 0 Å². The molecular weight excluding hydrogens is 615 g/mol. The molecule has 0 aliphatic heterocycles. The van der Waals surface area contributed by atoms with Gasteiger partial charge in [-0.05, 0) is 79.4 Å². The molecule has 240 valence electrons. The summed E-state index contributed by atoms with van der Waals surface area (Å²) in [6.45, 7) is 0. The van der Waals surface area contributed by atoms with E-state index in [1.165, 1.54) is 66.1 Å². The maximum absolute atomic E-state index is 2.47. The largest absolute Gasteiger partial charge is 0.309 e. The Balaban J connectivity index is 1.32. The van der Waals surface area contributed by atoms with Crippen LogP contribution in [0.15, 0.2) is 212 Å². The summed E-state index contributed by atoms with van der Waals surface area (Å²) in [5.74, 6) is 0. The van der Waals surface area contributed by atoms with E-state index in [0.717, 1.165) is 17.1 Å². The van der Waals surface area contributed by atoms with E-state index in [4.69, 9.17) is 0 Å². The standard InChI is InChI=1S/C50H35N/c1-3-18-36(19-4-1)38-23-17-24-40(34-38)51(50-35-39-22-7-8-26-42(39)44-28-13-14-32-48(44)50)49-33-16-15-31-47(49)46-30-12-11-29-45(46)43-27-10-9-25-41(43)37-20-5-2-6-21-37/h1-35H. The van der Waals surface area contributed by atoms with E-state index in [2.05, 4.69) is 217 Å². The van der Waals surface area contributed by atoms with Gasteiger partial charge in [0.05, 0.1) is 11.4 Å². The molecule has 0 aliphatic rings. The van der Waals surface area contributed by atoms with Crippen molar-refractivity contribution in [3.63, 3.8) is 0 Å². The van der Waals surface area contributed by atoms with Crippen molar-refractivity contribution in [1.82, 2.24) is 0 Å². The number of benzene rings is 9. The Labute approximate surface area is 299 Å². The van der Waals surface area contributed by atoms with Gasteiger partial charge in [-0.15, -0.1) is 0 Å². The van der Waals surface area contributed by atoms with E-state index >= 15 is 0 Å². The van der Waals surface area contributed by atoms with Crippen molar-refractivity contribution in [3.05, 3.63) is 212 Å². The van der Waals surface area contributed by atoms with E-state index in [1.54, 1.807) is 0 Å². The monoisotopic (exact) mass is 649 g/mol. The molecule has 0 fully saturated rings. The number of anilines is 3. The summed E-state index contributed by atoms with van der Waals surface area (Å²) in [5, 5.41) is 4.92. The van der Waals surface area contributed by atoms with Crippen molar-refractivity contribution >= 4 is 38.6 Å². The topological polar surface area (TPSA) is 3.24 Å². The number of para-hydroxylation sites is 1. The average molecular weight is 650 g/mol. The molecule has 0 spiro atoms. The molecule has 1 heteroatoms. The minimum Gasteiger partial charge on any atom is -0.309 e. The molecule has 0 radical (unpaired) electrons. The molecule has 0 saturated carbocycles. The van der Waals surface area contributed by atoms with Gasteiger partial charge in [-0.2, -0.15) is 0 Å². The van der Waals surface area contributed by atoms with Crippen LogP contribution in [-0.4, -0.2) is 0 Å². The molecule has 0 N–H and O–H groups in total. The quantitative estimate of drug-likeness (QED) is 0.155. The van der Waals surface area contributed by atoms with E-state index in [-0.39, 0.29) is 0 Å². The molecule has 0 unspecified atom stereocenters. The summed E-state index contributed by atoms with van der Waals surface area (Å²) in [7, 11) is 0. The second kappa shape index (κ2) is 13.3. The van der Waals surface area contributed by atoms with Crippen LogP contribution in [0.2, 0.25) is 0 Å². The number of nitrogens with zero attached hydrogens (tertiary/aromatic N) is 1. The third-order valence-corrected chi connectivity index (χ3v) is 9.86. The summed E-state index contributed by atoms with van der Waals surface area (Å²) in [6.07, 6.45) is 0. The van der Waals surface area contributed by atoms with Crippen LogP contribution >= 0.6 is 0 Å². The van der Waals surface area contributed by atoms with E-state index in [9.17, 15) is 0 Å². The van der Waals surface area contributed by atoms with Gasteiger partial charge in [0.2, 0.25) is 0 Å². The van der Waals surface area contributed by atoms with Crippen molar-refractivity contribution in [2.45, 2.75) is 0 Å². The predicted molar refractivity (Wildman–Crippen MR) is 218 cm³/mol. The van der Waals surface area contributed by atoms with Gasteiger partial charge in [0, 0.05) is 16.6 Å². The number of rotatable bonds is 7. The zero-order valence-electron chi connectivity index (χ0n) is 28.2. The zero-order valence-corrected chi connectivity index (χ0v) is 28.2. The molecule has 0 atom stereocenters. The van der Waals surface area contributed by atoms with Crippen LogP contribution < -0.4 is 4.90 Å². The molecule has 0 saturated heterocycles. The first-order chi connectivity index (χ1) is 25.3. The van der Waals surface area contributed by atoms with Gasteiger partial charge in [-0.3, -0.25) is 0 Å². The highest BCUT2D eigenvalue weighted by molar-refractivity contribution is 6.15. The van der Waals surface area contributed by atoms with Gasteiger partial charge < -0.3 is 4.90 Å². The van der Waals surface area contributed by atoms with Gasteiger partial charge in [0.25, 0.3) is 0 Å². The summed E-state index contributed by atoms with van der Waals surface area (Å²) in [5.41, 5.74) is 12.9. The van der Waals surface area contributed by atoms with Crippen LogP contribution in [-0.2, 0) is 0 Å². The fourth-order valence-electron chi connectivity index (χ4n) is 7.52. The SMILES string of the molecule is c1ccc(-c2cccc(N(c3ccccc3-c3ccccc3-c3ccccc3-c3ccccc3)c3cc4ccccc4c4ccccc34)c2)cc1. The Morgan fingerprint density at radius 2 is 0.745 bits per heavy atom. The zero-order chi connectivity index (χ0) is 34.0. The Morgan fingerprint density at radius 1 is 0.255 bits per heavy atom. The molecule has 1 nitrogen and oxygen atoms in total. The Bertz CT molecular complexity index is 2640. The van der Waals surface area contributed by atoms with E-state index in [0.29, 0.717) is 0 Å². The highest BCUT2D eigenvalue weighted by Crippen LogP contribution is 2.48.